The lowest BCUT2D eigenvalue weighted by Gasteiger charge is -2.33. The van der Waals surface area contributed by atoms with Crippen molar-refractivity contribution in [3.05, 3.63) is 48.7 Å². The summed E-state index contributed by atoms with van der Waals surface area (Å²) in [5.74, 6) is 0. The van der Waals surface area contributed by atoms with Gasteiger partial charge in [-0.25, -0.2) is 0 Å². The maximum Gasteiger partial charge on any atom is 0.0426 e. The maximum atomic E-state index is 3.96. The van der Waals surface area contributed by atoms with Crippen molar-refractivity contribution >= 4 is 0 Å². The molecule has 0 radical (unpaired) electrons. The summed E-state index contributed by atoms with van der Waals surface area (Å²) in [4.78, 5) is 2.41. The first kappa shape index (κ1) is 11.3. The Kier molecular flexibility index (Phi) is 4.03. The van der Waals surface area contributed by atoms with Crippen LogP contribution in [0.15, 0.2) is 43.1 Å². The lowest BCUT2D eigenvalue weighted by atomic mass is 9.94. The van der Waals surface area contributed by atoms with Crippen molar-refractivity contribution in [3.63, 3.8) is 0 Å². The molecule has 0 spiro atoms. The standard InChI is InChI=1S/C15H21N/c1-2-16(15-11-7-4-8-12-15)13-14-9-5-3-6-10-14/h2-3,5-6,9-10,15H,1,4,7-8,11-13H2. The molecule has 1 aliphatic rings. The van der Waals surface area contributed by atoms with Crippen LogP contribution in [0.4, 0.5) is 0 Å². The quantitative estimate of drug-likeness (QED) is 0.734. The predicted molar refractivity (Wildman–Crippen MR) is 69.1 cm³/mol. The molecule has 86 valence electrons. The minimum Gasteiger partial charge on any atom is -0.371 e. The zero-order valence-corrected chi connectivity index (χ0v) is 9.94. The van der Waals surface area contributed by atoms with Gasteiger partial charge >= 0.3 is 0 Å². The number of rotatable bonds is 4. The molecule has 0 heterocycles. The number of benzene rings is 1. The summed E-state index contributed by atoms with van der Waals surface area (Å²) in [6, 6.07) is 11.4. The van der Waals surface area contributed by atoms with E-state index in [1.165, 1.54) is 37.7 Å². The average Bonchev–Trinajstić information content (AvgIpc) is 2.38. The molecule has 0 unspecified atom stereocenters. The fraction of sp³-hybridized carbons (Fsp3) is 0.467. The minimum absolute atomic E-state index is 0.714. The van der Waals surface area contributed by atoms with E-state index < -0.39 is 0 Å². The van der Waals surface area contributed by atoms with Gasteiger partial charge in [-0.15, -0.1) is 0 Å². The topological polar surface area (TPSA) is 3.24 Å². The van der Waals surface area contributed by atoms with E-state index in [1.807, 2.05) is 6.20 Å². The van der Waals surface area contributed by atoms with Gasteiger partial charge < -0.3 is 4.90 Å². The molecule has 1 saturated carbocycles. The third-order valence-electron chi connectivity index (χ3n) is 3.49. The molecule has 0 atom stereocenters. The fourth-order valence-electron chi connectivity index (χ4n) is 2.55. The first-order chi connectivity index (χ1) is 7.90. The predicted octanol–water partition coefficient (Wildman–Crippen LogP) is 3.96. The van der Waals surface area contributed by atoms with Crippen LogP contribution in [0.3, 0.4) is 0 Å². The van der Waals surface area contributed by atoms with Crippen LogP contribution in [0.25, 0.3) is 0 Å². The molecule has 16 heavy (non-hydrogen) atoms. The van der Waals surface area contributed by atoms with Gasteiger partial charge in [0.05, 0.1) is 0 Å². The molecule has 1 aromatic rings. The Balaban J connectivity index is 1.97. The third kappa shape index (κ3) is 2.88. The molecule has 1 heteroatoms. The summed E-state index contributed by atoms with van der Waals surface area (Å²) in [6.07, 6.45) is 8.85. The molecule has 1 aliphatic carbocycles. The van der Waals surface area contributed by atoms with Gasteiger partial charge in [-0.05, 0) is 24.6 Å². The Labute approximate surface area is 98.8 Å². The second kappa shape index (κ2) is 5.74. The van der Waals surface area contributed by atoms with Gasteiger partial charge in [-0.1, -0.05) is 56.2 Å². The lowest BCUT2D eigenvalue weighted by molar-refractivity contribution is 0.211. The highest BCUT2D eigenvalue weighted by atomic mass is 15.1. The Morgan fingerprint density at radius 1 is 1.12 bits per heavy atom. The van der Waals surface area contributed by atoms with Gasteiger partial charge in [0.25, 0.3) is 0 Å². The largest absolute Gasteiger partial charge is 0.371 e. The van der Waals surface area contributed by atoms with Crippen LogP contribution in [-0.2, 0) is 6.54 Å². The highest BCUT2D eigenvalue weighted by molar-refractivity contribution is 5.15. The van der Waals surface area contributed by atoms with Crippen molar-refractivity contribution in [2.45, 2.75) is 44.7 Å². The smallest absolute Gasteiger partial charge is 0.0426 e. The molecular formula is C15H21N. The number of hydrogen-bond donors (Lipinski definition) is 0. The highest BCUT2D eigenvalue weighted by Gasteiger charge is 2.18. The zero-order chi connectivity index (χ0) is 11.2. The van der Waals surface area contributed by atoms with Gasteiger partial charge in [-0.2, -0.15) is 0 Å². The molecular weight excluding hydrogens is 194 g/mol. The van der Waals surface area contributed by atoms with Crippen LogP contribution in [0.5, 0.6) is 0 Å². The summed E-state index contributed by atoms with van der Waals surface area (Å²) in [6.45, 7) is 4.97. The van der Waals surface area contributed by atoms with E-state index in [-0.39, 0.29) is 0 Å². The molecule has 1 fully saturated rings. The lowest BCUT2D eigenvalue weighted by Crippen LogP contribution is -2.31. The van der Waals surface area contributed by atoms with E-state index >= 15 is 0 Å². The second-order valence-electron chi connectivity index (χ2n) is 4.63. The molecule has 0 aliphatic heterocycles. The van der Waals surface area contributed by atoms with E-state index in [2.05, 4.69) is 41.8 Å². The molecule has 0 aromatic heterocycles. The fourth-order valence-corrected chi connectivity index (χ4v) is 2.55. The number of hydrogen-bond acceptors (Lipinski definition) is 1. The van der Waals surface area contributed by atoms with E-state index in [9.17, 15) is 0 Å². The Hall–Kier alpha value is -1.24. The van der Waals surface area contributed by atoms with Gasteiger partial charge in [0.1, 0.15) is 0 Å². The summed E-state index contributed by atoms with van der Waals surface area (Å²) < 4.78 is 0. The zero-order valence-electron chi connectivity index (χ0n) is 9.94. The molecule has 1 nitrogen and oxygen atoms in total. The van der Waals surface area contributed by atoms with E-state index in [1.54, 1.807) is 0 Å². The summed E-state index contributed by atoms with van der Waals surface area (Å²) in [7, 11) is 0. The Morgan fingerprint density at radius 3 is 2.44 bits per heavy atom. The first-order valence-electron chi connectivity index (χ1n) is 6.32. The van der Waals surface area contributed by atoms with Gasteiger partial charge in [-0.3, -0.25) is 0 Å². The van der Waals surface area contributed by atoms with Gasteiger partial charge in [0, 0.05) is 12.6 Å². The van der Waals surface area contributed by atoms with Crippen molar-refractivity contribution in [2.75, 3.05) is 0 Å². The van der Waals surface area contributed by atoms with Crippen LogP contribution in [0, 0.1) is 0 Å². The summed E-state index contributed by atoms with van der Waals surface area (Å²) >= 11 is 0. The van der Waals surface area contributed by atoms with Crippen molar-refractivity contribution in [1.29, 1.82) is 0 Å². The summed E-state index contributed by atoms with van der Waals surface area (Å²) in [5.41, 5.74) is 1.38. The van der Waals surface area contributed by atoms with Crippen molar-refractivity contribution in [1.82, 2.24) is 4.90 Å². The van der Waals surface area contributed by atoms with E-state index in [4.69, 9.17) is 0 Å². The van der Waals surface area contributed by atoms with E-state index in [0.717, 1.165) is 6.54 Å². The molecule has 0 N–H and O–H groups in total. The van der Waals surface area contributed by atoms with Gasteiger partial charge in [0.15, 0.2) is 0 Å². The first-order valence-corrected chi connectivity index (χ1v) is 6.32. The van der Waals surface area contributed by atoms with Crippen molar-refractivity contribution < 1.29 is 0 Å². The molecule has 1 aromatic carbocycles. The minimum atomic E-state index is 0.714. The molecule has 0 amide bonds. The van der Waals surface area contributed by atoms with Gasteiger partial charge in [0.2, 0.25) is 0 Å². The average molecular weight is 215 g/mol. The summed E-state index contributed by atoms with van der Waals surface area (Å²) in [5, 5.41) is 0. The maximum absolute atomic E-state index is 3.96. The monoisotopic (exact) mass is 215 g/mol. The van der Waals surface area contributed by atoms with Crippen LogP contribution in [0.1, 0.15) is 37.7 Å². The normalized spacial score (nSPS) is 17.0. The van der Waals surface area contributed by atoms with Crippen LogP contribution in [0.2, 0.25) is 0 Å². The molecule has 0 bridgehead atoms. The third-order valence-corrected chi connectivity index (χ3v) is 3.49. The highest BCUT2D eigenvalue weighted by Crippen LogP contribution is 2.24. The number of nitrogens with zero attached hydrogens (tertiary/aromatic N) is 1. The molecule has 2 rings (SSSR count). The molecule has 0 saturated heterocycles. The van der Waals surface area contributed by atoms with Crippen molar-refractivity contribution in [3.8, 4) is 0 Å². The van der Waals surface area contributed by atoms with Crippen molar-refractivity contribution in [2.24, 2.45) is 0 Å². The van der Waals surface area contributed by atoms with Crippen LogP contribution in [-0.4, -0.2) is 10.9 Å². The van der Waals surface area contributed by atoms with Crippen LogP contribution >= 0.6 is 0 Å². The Bertz CT molecular complexity index is 311. The van der Waals surface area contributed by atoms with Crippen LogP contribution < -0.4 is 0 Å². The van der Waals surface area contributed by atoms with E-state index in [0.29, 0.717) is 6.04 Å². The SMILES string of the molecule is C=CN(Cc1ccccc1)C1CCCCC1. The Morgan fingerprint density at radius 2 is 1.81 bits per heavy atom. The second-order valence-corrected chi connectivity index (χ2v) is 4.63.